The molecule has 0 aliphatic heterocycles. The minimum atomic E-state index is -0.811. The molecule has 18 heavy (non-hydrogen) atoms. The van der Waals surface area contributed by atoms with Crippen molar-refractivity contribution in [2.24, 2.45) is 5.92 Å². The van der Waals surface area contributed by atoms with Crippen molar-refractivity contribution in [2.45, 2.75) is 45.1 Å². The van der Waals surface area contributed by atoms with Crippen LogP contribution < -0.4 is 11.1 Å². The second-order valence-electron chi connectivity index (χ2n) is 4.89. The molecular weight excluding hydrogens is 236 g/mol. The van der Waals surface area contributed by atoms with Crippen molar-refractivity contribution < 1.29 is 8.78 Å². The van der Waals surface area contributed by atoms with E-state index in [0.29, 0.717) is 5.92 Å². The van der Waals surface area contributed by atoms with Crippen LogP contribution in [0.15, 0.2) is 6.07 Å². The van der Waals surface area contributed by atoms with Gasteiger partial charge in [-0.05, 0) is 18.8 Å². The van der Waals surface area contributed by atoms with E-state index in [2.05, 4.69) is 17.2 Å². The highest BCUT2D eigenvalue weighted by Gasteiger charge is 2.25. The second-order valence-corrected chi connectivity index (χ2v) is 4.89. The summed E-state index contributed by atoms with van der Waals surface area (Å²) in [6.07, 6.45) is 5.55. The van der Waals surface area contributed by atoms with Gasteiger partial charge in [0.2, 0.25) is 0 Å². The molecule has 3 N–H and O–H groups in total. The van der Waals surface area contributed by atoms with Gasteiger partial charge in [0, 0.05) is 12.1 Å². The van der Waals surface area contributed by atoms with Crippen molar-refractivity contribution in [1.82, 2.24) is 4.98 Å². The van der Waals surface area contributed by atoms with Gasteiger partial charge in [-0.3, -0.25) is 0 Å². The first-order valence-electron chi connectivity index (χ1n) is 6.50. The largest absolute Gasteiger partial charge is 0.381 e. The number of anilines is 2. The molecule has 2 unspecified atom stereocenters. The Labute approximate surface area is 106 Å². The second kappa shape index (κ2) is 5.50. The number of hydrogen-bond donors (Lipinski definition) is 2. The molecule has 0 bridgehead atoms. The third-order valence-electron chi connectivity index (χ3n) is 3.71. The number of aromatic nitrogens is 1. The van der Waals surface area contributed by atoms with Crippen molar-refractivity contribution in [2.75, 3.05) is 11.1 Å². The summed E-state index contributed by atoms with van der Waals surface area (Å²) in [5.74, 6) is -1.16. The van der Waals surface area contributed by atoms with E-state index in [-0.39, 0.29) is 17.7 Å². The lowest BCUT2D eigenvalue weighted by molar-refractivity contribution is 0.316. The van der Waals surface area contributed by atoms with Gasteiger partial charge in [-0.15, -0.1) is 0 Å². The molecule has 0 amide bonds. The molecule has 1 fully saturated rings. The van der Waals surface area contributed by atoms with E-state index < -0.39 is 11.6 Å². The zero-order valence-corrected chi connectivity index (χ0v) is 10.5. The molecule has 0 spiro atoms. The van der Waals surface area contributed by atoms with Crippen LogP contribution in [0.4, 0.5) is 20.4 Å². The summed E-state index contributed by atoms with van der Waals surface area (Å²) in [5.41, 5.74) is 5.37. The Hall–Kier alpha value is -1.39. The minimum absolute atomic E-state index is 0.0688. The number of hydrogen-bond acceptors (Lipinski definition) is 3. The van der Waals surface area contributed by atoms with Crippen molar-refractivity contribution in [3.05, 3.63) is 17.7 Å². The molecule has 1 aromatic heterocycles. The first kappa shape index (κ1) is 13.1. The van der Waals surface area contributed by atoms with Crippen LogP contribution in [0.25, 0.3) is 0 Å². The predicted molar refractivity (Wildman–Crippen MR) is 68.2 cm³/mol. The average molecular weight is 255 g/mol. The van der Waals surface area contributed by atoms with Gasteiger partial charge < -0.3 is 11.1 Å². The van der Waals surface area contributed by atoms with Gasteiger partial charge in [0.15, 0.2) is 23.3 Å². The lowest BCUT2D eigenvalue weighted by Crippen LogP contribution is -2.32. The van der Waals surface area contributed by atoms with Gasteiger partial charge in [-0.1, -0.05) is 26.2 Å². The third-order valence-corrected chi connectivity index (χ3v) is 3.71. The zero-order valence-electron chi connectivity index (χ0n) is 10.5. The first-order valence-corrected chi connectivity index (χ1v) is 6.50. The first-order chi connectivity index (χ1) is 8.61. The van der Waals surface area contributed by atoms with Crippen LogP contribution in [0.2, 0.25) is 0 Å². The Morgan fingerprint density at radius 3 is 2.78 bits per heavy atom. The van der Waals surface area contributed by atoms with Crippen LogP contribution in [0.5, 0.6) is 0 Å². The van der Waals surface area contributed by atoms with E-state index in [4.69, 9.17) is 5.73 Å². The van der Waals surface area contributed by atoms with E-state index >= 15 is 0 Å². The third kappa shape index (κ3) is 2.71. The summed E-state index contributed by atoms with van der Waals surface area (Å²) < 4.78 is 26.6. The van der Waals surface area contributed by atoms with Crippen LogP contribution in [0.3, 0.4) is 0 Å². The van der Waals surface area contributed by atoms with E-state index in [1.165, 1.54) is 6.42 Å². The maximum Gasteiger partial charge on any atom is 0.168 e. The molecule has 1 aromatic rings. The molecule has 3 nitrogen and oxygen atoms in total. The normalized spacial score (nSPS) is 23.9. The maximum atomic E-state index is 13.6. The highest BCUT2D eigenvalue weighted by molar-refractivity contribution is 5.45. The molecule has 0 aromatic carbocycles. The Balaban J connectivity index is 2.15. The predicted octanol–water partition coefficient (Wildman–Crippen LogP) is 3.32. The number of rotatable bonds is 3. The highest BCUT2D eigenvalue weighted by atomic mass is 19.1. The number of nitrogens with two attached hydrogens (primary N) is 1. The molecule has 0 saturated heterocycles. The number of nitrogen functional groups attached to an aromatic ring is 1. The smallest absolute Gasteiger partial charge is 0.168 e. The van der Waals surface area contributed by atoms with E-state index in [0.717, 1.165) is 31.7 Å². The lowest BCUT2D eigenvalue weighted by Gasteiger charge is -2.32. The van der Waals surface area contributed by atoms with E-state index in [1.807, 2.05) is 0 Å². The maximum absolute atomic E-state index is 13.6. The topological polar surface area (TPSA) is 50.9 Å². The number of pyridine rings is 1. The SMILES string of the molecule is CCC1CCCCC1Nc1nc(N)c(F)cc1F. The summed E-state index contributed by atoms with van der Waals surface area (Å²) in [6, 6.07) is 0.990. The van der Waals surface area contributed by atoms with Crippen molar-refractivity contribution in [3.8, 4) is 0 Å². The summed E-state index contributed by atoms with van der Waals surface area (Å²) in [5, 5.41) is 3.09. The minimum Gasteiger partial charge on any atom is -0.381 e. The number of nitrogens with one attached hydrogen (secondary N) is 1. The quantitative estimate of drug-likeness (QED) is 0.871. The number of halogens is 2. The van der Waals surface area contributed by atoms with Crippen LogP contribution in [-0.4, -0.2) is 11.0 Å². The summed E-state index contributed by atoms with van der Waals surface area (Å²) in [4.78, 5) is 3.75. The Morgan fingerprint density at radius 2 is 2.06 bits per heavy atom. The summed E-state index contributed by atoms with van der Waals surface area (Å²) >= 11 is 0. The van der Waals surface area contributed by atoms with Gasteiger partial charge in [0.05, 0.1) is 0 Å². The fourth-order valence-electron chi connectivity index (χ4n) is 2.64. The monoisotopic (exact) mass is 255 g/mol. The summed E-state index contributed by atoms with van der Waals surface area (Å²) in [6.45, 7) is 2.13. The summed E-state index contributed by atoms with van der Waals surface area (Å²) in [7, 11) is 0. The van der Waals surface area contributed by atoms with Gasteiger partial charge in [0.1, 0.15) is 0 Å². The zero-order chi connectivity index (χ0) is 13.1. The Bertz CT molecular complexity index is 423. The molecule has 0 radical (unpaired) electrons. The highest BCUT2D eigenvalue weighted by Crippen LogP contribution is 2.30. The van der Waals surface area contributed by atoms with Gasteiger partial charge >= 0.3 is 0 Å². The molecule has 1 saturated carbocycles. The van der Waals surface area contributed by atoms with Crippen molar-refractivity contribution in [3.63, 3.8) is 0 Å². The van der Waals surface area contributed by atoms with Gasteiger partial charge in [-0.2, -0.15) is 0 Å². The van der Waals surface area contributed by atoms with Crippen LogP contribution >= 0.6 is 0 Å². The van der Waals surface area contributed by atoms with Crippen molar-refractivity contribution >= 4 is 11.6 Å². The lowest BCUT2D eigenvalue weighted by atomic mass is 9.83. The van der Waals surface area contributed by atoms with Crippen LogP contribution in [0.1, 0.15) is 39.0 Å². The fourth-order valence-corrected chi connectivity index (χ4v) is 2.64. The molecule has 1 heterocycles. The molecule has 2 atom stereocenters. The number of nitrogens with zero attached hydrogens (tertiary/aromatic N) is 1. The van der Waals surface area contributed by atoms with Crippen LogP contribution in [-0.2, 0) is 0 Å². The average Bonchev–Trinajstić information content (AvgIpc) is 2.36. The van der Waals surface area contributed by atoms with Crippen LogP contribution in [0, 0.1) is 17.6 Å². The van der Waals surface area contributed by atoms with E-state index in [1.54, 1.807) is 0 Å². The van der Waals surface area contributed by atoms with Gasteiger partial charge in [0.25, 0.3) is 0 Å². The molecular formula is C13H19F2N3. The fraction of sp³-hybridized carbons (Fsp3) is 0.615. The molecule has 100 valence electrons. The molecule has 1 aliphatic carbocycles. The van der Waals surface area contributed by atoms with Gasteiger partial charge in [-0.25, -0.2) is 13.8 Å². The standard InChI is InChI=1S/C13H19F2N3/c1-2-8-5-3-4-6-11(8)17-13-10(15)7-9(14)12(16)18-13/h7-8,11H,2-6H2,1H3,(H3,16,17,18). The molecule has 1 aliphatic rings. The van der Waals surface area contributed by atoms with E-state index in [9.17, 15) is 8.78 Å². The van der Waals surface area contributed by atoms with Crippen molar-refractivity contribution in [1.29, 1.82) is 0 Å². The molecule has 2 rings (SSSR count). The Morgan fingerprint density at radius 1 is 1.33 bits per heavy atom. The Kier molecular flexibility index (Phi) is 3.99. The molecule has 5 heteroatoms.